The number of aryl methyl sites for hydroxylation is 1. The van der Waals surface area contributed by atoms with Crippen molar-refractivity contribution in [3.63, 3.8) is 0 Å². The van der Waals surface area contributed by atoms with Crippen LogP contribution in [0.5, 0.6) is 0 Å². The third-order valence-electron chi connectivity index (χ3n) is 7.18. The maximum Gasteiger partial charge on any atom is 0.410 e. The first-order chi connectivity index (χ1) is 19.9. The van der Waals surface area contributed by atoms with Gasteiger partial charge in [0.15, 0.2) is 0 Å². The van der Waals surface area contributed by atoms with Crippen LogP contribution in [0.3, 0.4) is 0 Å². The Balaban J connectivity index is 1.39. The van der Waals surface area contributed by atoms with Crippen molar-refractivity contribution in [1.82, 2.24) is 29.9 Å². The van der Waals surface area contributed by atoms with E-state index in [2.05, 4.69) is 26.2 Å². The van der Waals surface area contributed by atoms with Crippen molar-refractivity contribution in [3.8, 4) is 17.6 Å². The van der Waals surface area contributed by atoms with Gasteiger partial charge in [-0.2, -0.15) is 10.2 Å². The lowest BCUT2D eigenvalue weighted by Crippen LogP contribution is -2.50. The molecule has 4 heterocycles. The largest absolute Gasteiger partial charge is 0.444 e. The van der Waals surface area contributed by atoms with Crippen LogP contribution in [0, 0.1) is 11.3 Å². The van der Waals surface area contributed by atoms with Crippen molar-refractivity contribution in [2.24, 2.45) is 4.99 Å². The highest BCUT2D eigenvalue weighted by Gasteiger charge is 2.43. The van der Waals surface area contributed by atoms with Crippen molar-refractivity contribution < 1.29 is 14.1 Å². The molecule has 0 spiro atoms. The topological polar surface area (TPSA) is 137 Å². The summed E-state index contributed by atoms with van der Waals surface area (Å²) in [6.07, 6.45) is 3.91. The average molecular weight is 612 g/mol. The number of aliphatic imine (C=N–C) groups is 1. The Morgan fingerprint density at radius 1 is 1.26 bits per heavy atom. The molecule has 1 aliphatic carbocycles. The number of hydrogen-bond acceptors (Lipinski definition) is 11. The first kappa shape index (κ1) is 29.7. The predicted octanol–water partition coefficient (Wildman–Crippen LogP) is 5.03. The molecule has 222 valence electrons. The quantitative estimate of drug-likeness (QED) is 0.219. The third-order valence-corrected chi connectivity index (χ3v) is 8.51. The molecule has 1 amide bonds. The number of aromatic nitrogens is 4. The van der Waals surface area contributed by atoms with Crippen LogP contribution in [0.15, 0.2) is 15.6 Å². The highest BCUT2D eigenvalue weighted by molar-refractivity contribution is 7.16. The van der Waals surface area contributed by atoms with E-state index in [1.807, 2.05) is 51.6 Å². The summed E-state index contributed by atoms with van der Waals surface area (Å²) in [5.74, 6) is 1.31. The molecule has 12 nitrogen and oxygen atoms in total. The van der Waals surface area contributed by atoms with E-state index in [9.17, 15) is 10.1 Å². The van der Waals surface area contributed by atoms with Gasteiger partial charge >= 0.3 is 6.09 Å². The summed E-state index contributed by atoms with van der Waals surface area (Å²) >= 11 is 7.88. The molecule has 0 bridgehead atoms. The Hall–Kier alpha value is -3.76. The molecule has 3 aromatic heterocycles. The standard InChI is InChI=1S/C28H34ClN9O3S/c1-27(2,3)40-26(39)38-12-10-37(11-13-38)20-14-18(32-25(29)33-20)22-34-24(41-35-22)28(4)9-7-8-19-21(28)17(15-30)23(42-19)31-16-36(5)6/h14,16H,7-13H2,1-6H3/t28-/m0/s1. The van der Waals surface area contributed by atoms with Gasteiger partial charge in [-0.15, -0.1) is 11.3 Å². The monoisotopic (exact) mass is 611 g/mol. The van der Waals surface area contributed by atoms with Gasteiger partial charge < -0.3 is 24.0 Å². The highest BCUT2D eigenvalue weighted by atomic mass is 35.5. The minimum absolute atomic E-state index is 0.0579. The Labute approximate surface area is 254 Å². The summed E-state index contributed by atoms with van der Waals surface area (Å²) in [6.45, 7) is 9.67. The SMILES string of the molecule is CN(C)C=Nc1sc2c(c1C#N)[C@@](C)(c1nc(-c3cc(N4CCN(C(=O)OC(C)(C)C)CC4)nc(Cl)n3)no1)CCC2. The van der Waals surface area contributed by atoms with Gasteiger partial charge in [-0.05, 0) is 58.6 Å². The number of nitriles is 1. The summed E-state index contributed by atoms with van der Waals surface area (Å²) in [6, 6.07) is 4.15. The number of piperazine rings is 1. The number of hydrogen-bond donors (Lipinski definition) is 0. The molecule has 2 aliphatic rings. The van der Waals surface area contributed by atoms with Crippen LogP contribution < -0.4 is 4.90 Å². The van der Waals surface area contributed by atoms with Gasteiger partial charge in [0.1, 0.15) is 28.2 Å². The van der Waals surface area contributed by atoms with Crippen molar-refractivity contribution in [3.05, 3.63) is 33.2 Å². The van der Waals surface area contributed by atoms with Crippen LogP contribution in [0.1, 0.15) is 62.4 Å². The summed E-state index contributed by atoms with van der Waals surface area (Å²) in [7, 11) is 3.78. The Morgan fingerprint density at radius 3 is 2.67 bits per heavy atom. The van der Waals surface area contributed by atoms with Crippen molar-refractivity contribution >= 4 is 46.2 Å². The molecule has 14 heteroatoms. The van der Waals surface area contributed by atoms with E-state index in [4.69, 9.17) is 25.8 Å². The molecule has 5 rings (SSSR count). The third kappa shape index (κ3) is 6.05. The second kappa shape index (κ2) is 11.5. The van der Waals surface area contributed by atoms with Gasteiger partial charge in [-0.25, -0.2) is 19.8 Å². The van der Waals surface area contributed by atoms with Crippen molar-refractivity contribution in [2.75, 3.05) is 45.2 Å². The number of halogens is 1. The second-order valence-corrected chi connectivity index (χ2v) is 13.3. The number of amides is 1. The van der Waals surface area contributed by atoms with Gasteiger partial charge in [0.05, 0.1) is 17.3 Å². The van der Waals surface area contributed by atoms with Crippen molar-refractivity contribution in [1.29, 1.82) is 5.26 Å². The number of ether oxygens (including phenoxy) is 1. The maximum absolute atomic E-state index is 12.5. The van der Waals surface area contributed by atoms with E-state index in [1.165, 1.54) is 11.3 Å². The van der Waals surface area contributed by atoms with Gasteiger partial charge in [-0.3, -0.25) is 0 Å². The van der Waals surface area contributed by atoms with Crippen LogP contribution in [0.4, 0.5) is 15.6 Å². The fourth-order valence-corrected chi connectivity index (χ4v) is 6.64. The minimum atomic E-state index is -0.649. The number of fused-ring (bicyclic) bond motifs is 1. The number of carbonyl (C=O) groups excluding carboxylic acids is 1. The highest BCUT2D eigenvalue weighted by Crippen LogP contribution is 2.50. The lowest BCUT2D eigenvalue weighted by atomic mass is 9.72. The maximum atomic E-state index is 12.5. The predicted molar refractivity (Wildman–Crippen MR) is 161 cm³/mol. The van der Waals surface area contributed by atoms with Crippen LogP contribution in [-0.4, -0.2) is 88.2 Å². The smallest absolute Gasteiger partial charge is 0.410 e. The zero-order valence-corrected chi connectivity index (χ0v) is 26.2. The molecule has 1 fully saturated rings. The summed E-state index contributed by atoms with van der Waals surface area (Å²) < 4.78 is 11.3. The van der Waals surface area contributed by atoms with Crippen molar-refractivity contribution in [2.45, 2.75) is 58.0 Å². The Morgan fingerprint density at radius 2 is 2.00 bits per heavy atom. The van der Waals surface area contributed by atoms with E-state index >= 15 is 0 Å². The minimum Gasteiger partial charge on any atom is -0.444 e. The van der Waals surface area contributed by atoms with Crippen LogP contribution in [-0.2, 0) is 16.6 Å². The first-order valence-electron chi connectivity index (χ1n) is 13.8. The lowest BCUT2D eigenvalue weighted by molar-refractivity contribution is 0.0240. The van der Waals surface area contributed by atoms with E-state index in [-0.39, 0.29) is 17.2 Å². The Kier molecular flexibility index (Phi) is 8.13. The fraction of sp³-hybridized carbons (Fsp3) is 0.536. The molecule has 1 saturated heterocycles. The average Bonchev–Trinajstić information content (AvgIpc) is 3.57. The number of rotatable bonds is 5. The van der Waals surface area contributed by atoms with E-state index in [0.29, 0.717) is 54.1 Å². The number of thiophene rings is 1. The molecule has 1 atom stereocenters. The van der Waals surface area contributed by atoms with Crippen LogP contribution >= 0.6 is 22.9 Å². The van der Waals surface area contributed by atoms with E-state index < -0.39 is 11.0 Å². The molecule has 0 saturated carbocycles. The molecular weight excluding hydrogens is 578 g/mol. The summed E-state index contributed by atoms with van der Waals surface area (Å²) in [5, 5.41) is 15.1. The molecule has 42 heavy (non-hydrogen) atoms. The molecule has 0 N–H and O–H groups in total. The van der Waals surface area contributed by atoms with E-state index in [1.54, 1.807) is 17.3 Å². The zero-order valence-electron chi connectivity index (χ0n) is 24.6. The fourth-order valence-electron chi connectivity index (χ4n) is 5.21. The molecular formula is C28H34ClN9O3S. The molecule has 1 aliphatic heterocycles. The van der Waals surface area contributed by atoms with Crippen LogP contribution in [0.25, 0.3) is 11.5 Å². The van der Waals surface area contributed by atoms with Gasteiger partial charge in [-0.1, -0.05) is 5.16 Å². The molecule has 3 aromatic rings. The first-order valence-corrected chi connectivity index (χ1v) is 15.0. The number of carbonyl (C=O) groups is 1. The number of nitrogens with zero attached hydrogens (tertiary/aromatic N) is 9. The molecule has 0 aromatic carbocycles. The normalized spacial score (nSPS) is 19.1. The lowest BCUT2D eigenvalue weighted by Gasteiger charge is -2.36. The zero-order chi connectivity index (χ0) is 30.2. The molecule has 0 radical (unpaired) electrons. The molecule has 0 unspecified atom stereocenters. The summed E-state index contributed by atoms with van der Waals surface area (Å²) in [4.78, 5) is 37.3. The summed E-state index contributed by atoms with van der Waals surface area (Å²) in [5.41, 5.74) is 0.686. The second-order valence-electron chi connectivity index (χ2n) is 11.8. The Bertz CT molecular complexity index is 1550. The van der Waals surface area contributed by atoms with Gasteiger partial charge in [0.2, 0.25) is 17.0 Å². The van der Waals surface area contributed by atoms with Gasteiger partial charge in [0.25, 0.3) is 0 Å². The van der Waals surface area contributed by atoms with Crippen LogP contribution in [0.2, 0.25) is 5.28 Å². The van der Waals surface area contributed by atoms with Gasteiger partial charge in [0, 0.05) is 56.8 Å². The number of anilines is 1. The van der Waals surface area contributed by atoms with E-state index in [0.717, 1.165) is 29.7 Å².